The minimum Gasteiger partial charge on any atom is -0.350 e. The van der Waals surface area contributed by atoms with E-state index in [9.17, 15) is 9.59 Å². The van der Waals surface area contributed by atoms with Crippen molar-refractivity contribution in [2.75, 3.05) is 0 Å². The lowest BCUT2D eigenvalue weighted by atomic mass is 10.1. The molecule has 0 radical (unpaired) electrons. The van der Waals surface area contributed by atoms with Gasteiger partial charge in [0.05, 0.1) is 5.71 Å². The van der Waals surface area contributed by atoms with Crippen LogP contribution in [0.2, 0.25) is 0 Å². The van der Waals surface area contributed by atoms with Crippen LogP contribution in [-0.2, 0) is 0 Å². The molecule has 0 aliphatic rings. The fraction of sp³-hybridized carbons (Fsp3) is 0.0909. The molecule has 0 aromatic heterocycles. The number of primary amides is 2. The summed E-state index contributed by atoms with van der Waals surface area (Å²) in [5.41, 5.74) is 15.5. The van der Waals surface area contributed by atoms with Gasteiger partial charge in [0.25, 0.3) is 0 Å². The Hall–Kier alpha value is -2.90. The van der Waals surface area contributed by atoms with E-state index in [1.54, 1.807) is 31.2 Å². The maximum Gasteiger partial charge on any atom is 0.332 e. The smallest absolute Gasteiger partial charge is 0.332 e. The Balaban J connectivity index is 3.06. The highest BCUT2D eigenvalue weighted by Gasteiger charge is 2.08. The Morgan fingerprint density at radius 3 is 2.05 bits per heavy atom. The fourth-order valence-electron chi connectivity index (χ4n) is 1.25. The van der Waals surface area contributed by atoms with E-state index in [-0.39, 0.29) is 0 Å². The Morgan fingerprint density at radius 1 is 1.00 bits per heavy atom. The highest BCUT2D eigenvalue weighted by molar-refractivity contribution is 6.47. The monoisotopic (exact) mass is 262 g/mol. The lowest BCUT2D eigenvalue weighted by Gasteiger charge is -2.06. The van der Waals surface area contributed by atoms with Crippen LogP contribution in [-0.4, -0.2) is 23.5 Å². The number of nitrogens with two attached hydrogens (primary N) is 2. The number of hydrogen-bond acceptors (Lipinski definition) is 4. The molecule has 8 heteroatoms. The predicted molar refractivity (Wildman–Crippen MR) is 71.5 cm³/mol. The molecule has 0 bridgehead atoms. The van der Waals surface area contributed by atoms with Crippen LogP contribution in [0.5, 0.6) is 0 Å². The molecule has 0 aliphatic heterocycles. The molecular weight excluding hydrogens is 248 g/mol. The van der Waals surface area contributed by atoms with Crippen molar-refractivity contribution < 1.29 is 9.59 Å². The van der Waals surface area contributed by atoms with Gasteiger partial charge in [-0.2, -0.15) is 10.2 Å². The number of carbonyl (C=O) groups excluding carboxylic acids is 2. The van der Waals surface area contributed by atoms with Gasteiger partial charge in [0.2, 0.25) is 0 Å². The number of urea groups is 2. The van der Waals surface area contributed by atoms with Crippen molar-refractivity contribution in [1.29, 1.82) is 0 Å². The summed E-state index contributed by atoms with van der Waals surface area (Å²) in [5.74, 6) is 0. The van der Waals surface area contributed by atoms with Crippen LogP contribution in [0.4, 0.5) is 9.59 Å². The molecule has 1 aromatic carbocycles. The average Bonchev–Trinajstić information content (AvgIpc) is 2.37. The third-order valence-electron chi connectivity index (χ3n) is 2.00. The van der Waals surface area contributed by atoms with Crippen molar-refractivity contribution in [2.45, 2.75) is 6.92 Å². The van der Waals surface area contributed by atoms with Crippen molar-refractivity contribution in [1.82, 2.24) is 10.9 Å². The van der Waals surface area contributed by atoms with Crippen LogP contribution in [0.15, 0.2) is 40.5 Å². The molecule has 4 amide bonds. The van der Waals surface area contributed by atoms with Gasteiger partial charge in [-0.1, -0.05) is 30.3 Å². The minimum absolute atomic E-state index is 0.355. The number of amides is 4. The van der Waals surface area contributed by atoms with Gasteiger partial charge in [-0.15, -0.1) is 0 Å². The molecule has 0 aliphatic carbocycles. The van der Waals surface area contributed by atoms with E-state index in [4.69, 9.17) is 11.5 Å². The summed E-state index contributed by atoms with van der Waals surface area (Å²) in [4.78, 5) is 21.3. The van der Waals surface area contributed by atoms with Crippen LogP contribution in [0.25, 0.3) is 0 Å². The first kappa shape index (κ1) is 14.2. The molecule has 0 unspecified atom stereocenters. The van der Waals surface area contributed by atoms with E-state index >= 15 is 0 Å². The molecule has 19 heavy (non-hydrogen) atoms. The van der Waals surface area contributed by atoms with Crippen LogP contribution in [0.1, 0.15) is 12.5 Å². The molecule has 6 N–H and O–H groups in total. The van der Waals surface area contributed by atoms with Gasteiger partial charge in [-0.25, -0.2) is 20.4 Å². The Kier molecular flexibility index (Phi) is 5.03. The van der Waals surface area contributed by atoms with Gasteiger partial charge in [0, 0.05) is 5.56 Å². The van der Waals surface area contributed by atoms with Crippen molar-refractivity contribution in [3.8, 4) is 0 Å². The summed E-state index contributed by atoms with van der Waals surface area (Å²) in [5, 5.41) is 7.59. The molecule has 0 atom stereocenters. The number of rotatable bonds is 4. The second kappa shape index (κ2) is 6.74. The number of carbonyl (C=O) groups is 2. The summed E-state index contributed by atoms with van der Waals surface area (Å²) in [6.07, 6.45) is 0. The molecule has 1 aromatic rings. The number of hydrazone groups is 2. The average molecular weight is 262 g/mol. The zero-order valence-corrected chi connectivity index (χ0v) is 10.3. The Morgan fingerprint density at radius 2 is 1.53 bits per heavy atom. The molecule has 0 saturated heterocycles. The number of benzene rings is 1. The van der Waals surface area contributed by atoms with E-state index < -0.39 is 12.1 Å². The molecule has 1 rings (SSSR count). The first-order valence-electron chi connectivity index (χ1n) is 5.29. The van der Waals surface area contributed by atoms with Crippen molar-refractivity contribution in [3.05, 3.63) is 35.9 Å². The highest BCUT2D eigenvalue weighted by Crippen LogP contribution is 2.02. The first-order chi connectivity index (χ1) is 9.00. The van der Waals surface area contributed by atoms with E-state index in [1.165, 1.54) is 0 Å². The van der Waals surface area contributed by atoms with Crippen LogP contribution >= 0.6 is 0 Å². The van der Waals surface area contributed by atoms with Gasteiger partial charge in [-0.05, 0) is 6.92 Å². The molecule has 0 heterocycles. The molecule has 100 valence electrons. The Bertz CT molecular complexity index is 523. The fourth-order valence-corrected chi connectivity index (χ4v) is 1.25. The highest BCUT2D eigenvalue weighted by atomic mass is 16.2. The zero-order valence-electron chi connectivity index (χ0n) is 10.3. The zero-order chi connectivity index (χ0) is 14.3. The largest absolute Gasteiger partial charge is 0.350 e. The molecule has 0 fully saturated rings. The van der Waals surface area contributed by atoms with Crippen LogP contribution in [0, 0.1) is 0 Å². The maximum absolute atomic E-state index is 10.7. The number of nitrogens with one attached hydrogen (secondary N) is 2. The molecule has 0 saturated carbocycles. The lowest BCUT2D eigenvalue weighted by Crippen LogP contribution is -2.30. The van der Waals surface area contributed by atoms with E-state index in [0.717, 1.165) is 0 Å². The summed E-state index contributed by atoms with van der Waals surface area (Å²) >= 11 is 0. The maximum atomic E-state index is 10.7. The normalized spacial score (nSPS) is 11.8. The lowest BCUT2D eigenvalue weighted by molar-refractivity contribution is 0.248. The van der Waals surface area contributed by atoms with E-state index in [1.807, 2.05) is 6.07 Å². The minimum atomic E-state index is -0.802. The summed E-state index contributed by atoms with van der Waals surface area (Å²) < 4.78 is 0. The standard InChI is InChI=1S/C11H14N6O2/c1-7(14-16-10(12)18)9(15-17-11(13)19)8-5-3-2-4-6-8/h2-6H,1H3,(H3,12,16,18)(H3,13,17,19)/b14-7-,15-9+. The van der Waals surface area contributed by atoms with E-state index in [0.29, 0.717) is 17.0 Å². The van der Waals surface area contributed by atoms with Crippen molar-refractivity contribution in [2.24, 2.45) is 21.7 Å². The van der Waals surface area contributed by atoms with Gasteiger partial charge in [0.1, 0.15) is 5.71 Å². The van der Waals surface area contributed by atoms with Crippen LogP contribution in [0.3, 0.4) is 0 Å². The number of hydrogen-bond donors (Lipinski definition) is 4. The van der Waals surface area contributed by atoms with Gasteiger partial charge >= 0.3 is 12.1 Å². The third-order valence-corrected chi connectivity index (χ3v) is 2.00. The van der Waals surface area contributed by atoms with Crippen LogP contribution < -0.4 is 22.3 Å². The molecule has 8 nitrogen and oxygen atoms in total. The number of nitrogens with zero attached hydrogens (tertiary/aromatic N) is 2. The topological polar surface area (TPSA) is 135 Å². The van der Waals surface area contributed by atoms with Gasteiger partial charge in [0.15, 0.2) is 0 Å². The van der Waals surface area contributed by atoms with Crippen molar-refractivity contribution in [3.63, 3.8) is 0 Å². The molecule has 0 spiro atoms. The summed E-state index contributed by atoms with van der Waals surface area (Å²) in [6.45, 7) is 1.60. The first-order valence-corrected chi connectivity index (χ1v) is 5.29. The second-order valence-corrected chi connectivity index (χ2v) is 3.48. The third kappa shape index (κ3) is 4.86. The Labute approximate surface area is 109 Å². The van der Waals surface area contributed by atoms with Gasteiger partial charge < -0.3 is 11.5 Å². The molecular formula is C11H14N6O2. The SMILES string of the molecule is CC(=N/NC(N)=O)/C(=N\NC(N)=O)c1ccccc1. The summed E-state index contributed by atoms with van der Waals surface area (Å²) in [7, 11) is 0. The quantitative estimate of drug-likeness (QED) is 0.452. The van der Waals surface area contributed by atoms with Gasteiger partial charge in [-0.3, -0.25) is 0 Å². The van der Waals surface area contributed by atoms with Crippen molar-refractivity contribution >= 4 is 23.5 Å². The predicted octanol–water partition coefficient (Wildman–Crippen LogP) is 0.103. The summed E-state index contributed by atoms with van der Waals surface area (Å²) in [6, 6.07) is 7.36. The second-order valence-electron chi connectivity index (χ2n) is 3.48. The van der Waals surface area contributed by atoms with E-state index in [2.05, 4.69) is 21.1 Å².